The molecule has 0 aromatic rings. The SMILES string of the molecule is NCCCPCO. The Hall–Kier alpha value is 0.350. The van der Waals surface area contributed by atoms with Crippen molar-refractivity contribution >= 4 is 8.58 Å². The van der Waals surface area contributed by atoms with Crippen LogP contribution < -0.4 is 5.73 Å². The first-order valence-corrected chi connectivity index (χ1v) is 3.85. The summed E-state index contributed by atoms with van der Waals surface area (Å²) in [4.78, 5) is 0. The number of aliphatic hydroxyl groups excluding tert-OH is 1. The molecule has 0 aliphatic rings. The molecule has 1 atom stereocenters. The van der Waals surface area contributed by atoms with Crippen LogP contribution in [0.5, 0.6) is 0 Å². The van der Waals surface area contributed by atoms with Crippen molar-refractivity contribution in [2.45, 2.75) is 6.42 Å². The van der Waals surface area contributed by atoms with E-state index in [1.807, 2.05) is 0 Å². The lowest BCUT2D eigenvalue weighted by molar-refractivity contribution is 0.372. The monoisotopic (exact) mass is 121 g/mol. The van der Waals surface area contributed by atoms with Gasteiger partial charge in [-0.3, -0.25) is 0 Å². The molecular formula is C4H12NOP. The molecule has 3 N–H and O–H groups in total. The number of aliphatic hydroxyl groups is 1. The standard InChI is InChI=1S/C4H12NOP/c5-2-1-3-7-4-6/h6-7H,1-5H2. The van der Waals surface area contributed by atoms with Gasteiger partial charge in [0.15, 0.2) is 0 Å². The molecule has 0 saturated carbocycles. The molecule has 0 aliphatic carbocycles. The van der Waals surface area contributed by atoms with Crippen molar-refractivity contribution in [2.24, 2.45) is 5.73 Å². The molecule has 0 rings (SSSR count). The molecule has 0 aromatic carbocycles. The van der Waals surface area contributed by atoms with Crippen molar-refractivity contribution in [3.05, 3.63) is 0 Å². The lowest BCUT2D eigenvalue weighted by atomic mass is 10.5. The Bertz CT molecular complexity index is 30.9. The Kier molecular flexibility index (Phi) is 6.67. The number of rotatable bonds is 4. The molecule has 0 saturated heterocycles. The summed E-state index contributed by atoms with van der Waals surface area (Å²) < 4.78 is 0. The van der Waals surface area contributed by atoms with E-state index < -0.39 is 0 Å². The Morgan fingerprint density at radius 1 is 1.57 bits per heavy atom. The zero-order valence-corrected chi connectivity index (χ0v) is 5.35. The van der Waals surface area contributed by atoms with Gasteiger partial charge in [0.1, 0.15) is 0 Å². The van der Waals surface area contributed by atoms with Gasteiger partial charge in [0.25, 0.3) is 0 Å². The maximum Gasteiger partial charge on any atom is 0.0595 e. The van der Waals surface area contributed by atoms with Gasteiger partial charge in [0.05, 0.1) is 6.35 Å². The van der Waals surface area contributed by atoms with Crippen LogP contribution in [0.2, 0.25) is 0 Å². The first kappa shape index (κ1) is 7.35. The summed E-state index contributed by atoms with van der Waals surface area (Å²) in [5, 5.41) is 8.26. The van der Waals surface area contributed by atoms with Gasteiger partial charge in [0.2, 0.25) is 0 Å². The van der Waals surface area contributed by atoms with Crippen molar-refractivity contribution in [3.63, 3.8) is 0 Å². The minimum absolute atomic E-state index is 0.333. The second kappa shape index (κ2) is 6.35. The van der Waals surface area contributed by atoms with E-state index in [1.54, 1.807) is 0 Å². The fraction of sp³-hybridized carbons (Fsp3) is 1.00. The van der Waals surface area contributed by atoms with E-state index >= 15 is 0 Å². The Labute approximate surface area is 45.9 Å². The first-order valence-electron chi connectivity index (χ1n) is 2.43. The van der Waals surface area contributed by atoms with Gasteiger partial charge in [0, 0.05) is 0 Å². The number of nitrogens with two attached hydrogens (primary N) is 1. The largest absolute Gasteiger partial charge is 0.392 e. The van der Waals surface area contributed by atoms with Gasteiger partial charge in [-0.05, 0) is 19.1 Å². The van der Waals surface area contributed by atoms with E-state index in [0.717, 1.165) is 19.1 Å². The molecular weight excluding hydrogens is 109 g/mol. The molecule has 0 amide bonds. The zero-order chi connectivity index (χ0) is 5.54. The quantitative estimate of drug-likeness (QED) is 0.405. The Morgan fingerprint density at radius 3 is 2.71 bits per heavy atom. The van der Waals surface area contributed by atoms with Crippen LogP contribution in [0.3, 0.4) is 0 Å². The van der Waals surface area contributed by atoms with Gasteiger partial charge in [-0.2, -0.15) is 0 Å². The molecule has 0 aromatic heterocycles. The van der Waals surface area contributed by atoms with Crippen LogP contribution in [0.4, 0.5) is 0 Å². The molecule has 0 spiro atoms. The third kappa shape index (κ3) is 6.35. The van der Waals surface area contributed by atoms with E-state index in [1.165, 1.54) is 0 Å². The minimum Gasteiger partial charge on any atom is -0.392 e. The number of hydrogen-bond acceptors (Lipinski definition) is 2. The lowest BCUT2D eigenvalue weighted by Gasteiger charge is -1.91. The normalized spacial score (nSPS) is 11.1. The molecule has 7 heavy (non-hydrogen) atoms. The second-order valence-electron chi connectivity index (χ2n) is 1.30. The molecule has 0 radical (unpaired) electrons. The highest BCUT2D eigenvalue weighted by molar-refractivity contribution is 7.37. The summed E-state index contributed by atoms with van der Waals surface area (Å²) in [6.45, 7) is 0.757. The Morgan fingerprint density at radius 2 is 2.29 bits per heavy atom. The molecule has 0 aliphatic heterocycles. The average Bonchev–Trinajstić information content (AvgIpc) is 1.69. The van der Waals surface area contributed by atoms with Crippen LogP contribution in [0.1, 0.15) is 6.42 Å². The molecule has 0 bridgehead atoms. The van der Waals surface area contributed by atoms with Crippen LogP contribution >= 0.6 is 8.58 Å². The maximum absolute atomic E-state index is 8.26. The van der Waals surface area contributed by atoms with Crippen LogP contribution in [0, 0.1) is 0 Å². The van der Waals surface area contributed by atoms with Gasteiger partial charge in [-0.15, -0.1) is 0 Å². The smallest absolute Gasteiger partial charge is 0.0595 e. The third-order valence-corrected chi connectivity index (χ3v) is 1.60. The Balaban J connectivity index is 2.45. The highest BCUT2D eigenvalue weighted by atomic mass is 31.1. The summed E-state index contributed by atoms with van der Waals surface area (Å²) in [5.41, 5.74) is 5.19. The van der Waals surface area contributed by atoms with Crippen molar-refractivity contribution in [1.29, 1.82) is 0 Å². The fourth-order valence-electron chi connectivity index (χ4n) is 0.306. The van der Waals surface area contributed by atoms with Crippen LogP contribution in [-0.2, 0) is 0 Å². The first-order chi connectivity index (χ1) is 3.41. The summed E-state index contributed by atoms with van der Waals surface area (Å²) in [6.07, 6.45) is 2.48. The summed E-state index contributed by atoms with van der Waals surface area (Å²) in [6, 6.07) is 0. The third-order valence-electron chi connectivity index (χ3n) is 0.669. The van der Waals surface area contributed by atoms with Crippen LogP contribution in [0.15, 0.2) is 0 Å². The minimum atomic E-state index is 0.333. The molecule has 0 heterocycles. The van der Waals surface area contributed by atoms with Crippen molar-refractivity contribution in [3.8, 4) is 0 Å². The van der Waals surface area contributed by atoms with Crippen LogP contribution in [-0.4, -0.2) is 24.2 Å². The maximum atomic E-state index is 8.26. The number of hydrogen-bond donors (Lipinski definition) is 2. The summed E-state index contributed by atoms with van der Waals surface area (Å²) in [5.74, 6) is 0. The van der Waals surface area contributed by atoms with E-state index in [-0.39, 0.29) is 0 Å². The van der Waals surface area contributed by atoms with Gasteiger partial charge < -0.3 is 10.8 Å². The molecule has 2 nitrogen and oxygen atoms in total. The highest BCUT2D eigenvalue weighted by Gasteiger charge is 1.80. The van der Waals surface area contributed by atoms with Gasteiger partial charge >= 0.3 is 0 Å². The van der Waals surface area contributed by atoms with E-state index in [0.29, 0.717) is 14.9 Å². The predicted molar refractivity (Wildman–Crippen MR) is 33.9 cm³/mol. The molecule has 1 unspecified atom stereocenters. The topological polar surface area (TPSA) is 46.2 Å². The highest BCUT2D eigenvalue weighted by Crippen LogP contribution is 2.06. The zero-order valence-electron chi connectivity index (χ0n) is 4.35. The van der Waals surface area contributed by atoms with Crippen molar-refractivity contribution in [1.82, 2.24) is 0 Å². The lowest BCUT2D eigenvalue weighted by Crippen LogP contribution is -1.98. The van der Waals surface area contributed by atoms with Gasteiger partial charge in [-0.25, -0.2) is 0 Å². The second-order valence-corrected chi connectivity index (χ2v) is 2.62. The van der Waals surface area contributed by atoms with Crippen LogP contribution in [0.25, 0.3) is 0 Å². The summed E-state index contributed by atoms with van der Waals surface area (Å²) >= 11 is 0. The van der Waals surface area contributed by atoms with E-state index in [4.69, 9.17) is 10.8 Å². The van der Waals surface area contributed by atoms with Crippen molar-refractivity contribution < 1.29 is 5.11 Å². The average molecular weight is 121 g/mol. The predicted octanol–water partition coefficient (Wildman–Crippen LogP) is -0.0365. The van der Waals surface area contributed by atoms with E-state index in [9.17, 15) is 0 Å². The van der Waals surface area contributed by atoms with E-state index in [2.05, 4.69) is 0 Å². The van der Waals surface area contributed by atoms with Gasteiger partial charge in [-0.1, -0.05) is 8.58 Å². The molecule has 44 valence electrons. The summed E-state index contributed by atoms with van der Waals surface area (Å²) in [7, 11) is 0.697. The molecule has 0 fully saturated rings. The fourth-order valence-corrected chi connectivity index (χ4v) is 0.918. The van der Waals surface area contributed by atoms with Crippen molar-refractivity contribution in [2.75, 3.05) is 19.1 Å². The molecule has 3 heteroatoms.